The summed E-state index contributed by atoms with van der Waals surface area (Å²) in [7, 11) is 0. The Morgan fingerprint density at radius 2 is 2.23 bits per heavy atom. The average molecular weight is 300 g/mol. The number of nitrogens with one attached hydrogen (secondary N) is 1. The number of fused-ring (bicyclic) bond motifs is 1. The standard InChI is InChI=1S/C15H16N4O3/c16-11-6-17-18-14(11)10-3-4-19(7-10)15(20)9-1-2-12-13(5-9)22-8-21-12/h1-2,5-6,10H,3-4,7-8,16H2,(H,17,18). The number of nitrogens with zero attached hydrogens (tertiary/aromatic N) is 2. The van der Waals surface area contributed by atoms with Gasteiger partial charge in [0.2, 0.25) is 6.79 Å². The van der Waals surface area contributed by atoms with Crippen molar-refractivity contribution in [2.75, 3.05) is 25.6 Å². The van der Waals surface area contributed by atoms with Gasteiger partial charge in [-0.2, -0.15) is 5.10 Å². The lowest BCUT2D eigenvalue weighted by Crippen LogP contribution is -2.28. The third-order valence-electron chi connectivity index (χ3n) is 4.20. The van der Waals surface area contributed by atoms with E-state index >= 15 is 0 Å². The molecule has 4 rings (SSSR count). The molecule has 2 aliphatic heterocycles. The highest BCUT2D eigenvalue weighted by atomic mass is 16.7. The molecule has 2 aromatic rings. The number of benzene rings is 1. The number of likely N-dealkylation sites (tertiary alicyclic amines) is 1. The molecule has 0 spiro atoms. The highest BCUT2D eigenvalue weighted by Gasteiger charge is 2.30. The molecule has 3 N–H and O–H groups in total. The van der Waals surface area contributed by atoms with E-state index in [0.29, 0.717) is 35.8 Å². The van der Waals surface area contributed by atoms with E-state index in [1.54, 1.807) is 24.4 Å². The summed E-state index contributed by atoms with van der Waals surface area (Å²) < 4.78 is 10.6. The van der Waals surface area contributed by atoms with Crippen molar-refractivity contribution >= 4 is 11.6 Å². The van der Waals surface area contributed by atoms with Gasteiger partial charge in [-0.1, -0.05) is 0 Å². The van der Waals surface area contributed by atoms with Crippen molar-refractivity contribution in [3.63, 3.8) is 0 Å². The summed E-state index contributed by atoms with van der Waals surface area (Å²) in [5.41, 5.74) is 8.07. The van der Waals surface area contributed by atoms with Gasteiger partial charge < -0.3 is 20.1 Å². The molecule has 0 bridgehead atoms. The summed E-state index contributed by atoms with van der Waals surface area (Å²) in [6, 6.07) is 5.28. The number of carbonyl (C=O) groups excluding carboxylic acids is 1. The van der Waals surface area contributed by atoms with Gasteiger partial charge in [0.05, 0.1) is 17.6 Å². The number of amides is 1. The molecule has 1 amide bonds. The summed E-state index contributed by atoms with van der Waals surface area (Å²) in [4.78, 5) is 14.5. The molecule has 1 aromatic heterocycles. The maximum Gasteiger partial charge on any atom is 0.254 e. The molecule has 0 saturated carbocycles. The summed E-state index contributed by atoms with van der Waals surface area (Å²) in [6.45, 7) is 1.55. The number of aromatic nitrogens is 2. The molecular weight excluding hydrogens is 284 g/mol. The highest BCUT2D eigenvalue weighted by molar-refractivity contribution is 5.95. The molecule has 114 valence electrons. The van der Waals surface area contributed by atoms with Crippen LogP contribution in [0.15, 0.2) is 24.4 Å². The number of nitrogen functional groups attached to an aromatic ring is 1. The lowest BCUT2D eigenvalue weighted by Gasteiger charge is -2.16. The lowest BCUT2D eigenvalue weighted by atomic mass is 10.0. The number of aromatic amines is 1. The van der Waals surface area contributed by atoms with Crippen LogP contribution in [0.4, 0.5) is 5.69 Å². The second-order valence-electron chi connectivity index (χ2n) is 5.54. The molecule has 1 fully saturated rings. The fourth-order valence-electron chi connectivity index (χ4n) is 3.02. The Morgan fingerprint density at radius 1 is 1.36 bits per heavy atom. The maximum atomic E-state index is 12.6. The quantitative estimate of drug-likeness (QED) is 0.873. The predicted octanol–water partition coefficient (Wildman–Crippen LogP) is 1.35. The van der Waals surface area contributed by atoms with Crippen LogP contribution in [0, 0.1) is 0 Å². The number of hydrogen-bond donors (Lipinski definition) is 2. The van der Waals surface area contributed by atoms with E-state index in [1.807, 2.05) is 4.90 Å². The van der Waals surface area contributed by atoms with E-state index in [0.717, 1.165) is 12.1 Å². The first-order valence-corrected chi connectivity index (χ1v) is 7.20. The molecule has 0 aliphatic carbocycles. The van der Waals surface area contributed by atoms with Crippen LogP contribution in [-0.2, 0) is 0 Å². The van der Waals surface area contributed by atoms with Crippen LogP contribution in [0.2, 0.25) is 0 Å². The number of nitrogens with two attached hydrogens (primary N) is 1. The van der Waals surface area contributed by atoms with Gasteiger partial charge in [-0.25, -0.2) is 0 Å². The lowest BCUT2D eigenvalue weighted by molar-refractivity contribution is 0.0790. The summed E-state index contributed by atoms with van der Waals surface area (Å²) in [5, 5.41) is 6.88. The Hall–Kier alpha value is -2.70. The average Bonchev–Trinajstić information content (AvgIpc) is 3.25. The molecular formula is C15H16N4O3. The molecule has 1 saturated heterocycles. The van der Waals surface area contributed by atoms with Crippen molar-refractivity contribution in [3.8, 4) is 11.5 Å². The molecule has 7 nitrogen and oxygen atoms in total. The summed E-state index contributed by atoms with van der Waals surface area (Å²) in [6.07, 6.45) is 2.49. The van der Waals surface area contributed by atoms with E-state index < -0.39 is 0 Å². The zero-order chi connectivity index (χ0) is 15.1. The van der Waals surface area contributed by atoms with Gasteiger partial charge in [0.25, 0.3) is 5.91 Å². The molecule has 1 aromatic carbocycles. The van der Waals surface area contributed by atoms with Crippen LogP contribution >= 0.6 is 0 Å². The van der Waals surface area contributed by atoms with E-state index in [-0.39, 0.29) is 18.6 Å². The second kappa shape index (κ2) is 4.94. The number of ether oxygens (including phenoxy) is 2. The maximum absolute atomic E-state index is 12.6. The molecule has 1 unspecified atom stereocenters. The largest absolute Gasteiger partial charge is 0.454 e. The zero-order valence-corrected chi connectivity index (χ0v) is 11.9. The van der Waals surface area contributed by atoms with Crippen molar-refractivity contribution in [2.45, 2.75) is 12.3 Å². The third kappa shape index (κ3) is 2.05. The molecule has 7 heteroatoms. The SMILES string of the molecule is Nc1cn[nH]c1C1CCN(C(=O)c2ccc3c(c2)OCO3)C1. The van der Waals surface area contributed by atoms with E-state index in [2.05, 4.69) is 10.2 Å². The summed E-state index contributed by atoms with van der Waals surface area (Å²) >= 11 is 0. The fraction of sp³-hybridized carbons (Fsp3) is 0.333. The van der Waals surface area contributed by atoms with Gasteiger partial charge in [0.15, 0.2) is 11.5 Å². The van der Waals surface area contributed by atoms with Gasteiger partial charge in [-0.3, -0.25) is 9.89 Å². The Bertz CT molecular complexity index is 727. The number of carbonyl (C=O) groups is 1. The van der Waals surface area contributed by atoms with Gasteiger partial charge in [0.1, 0.15) is 0 Å². The predicted molar refractivity (Wildman–Crippen MR) is 78.8 cm³/mol. The van der Waals surface area contributed by atoms with Gasteiger partial charge in [0, 0.05) is 24.6 Å². The molecule has 3 heterocycles. The summed E-state index contributed by atoms with van der Waals surface area (Å²) in [5.74, 6) is 1.51. The van der Waals surface area contributed by atoms with Crippen LogP contribution in [0.1, 0.15) is 28.4 Å². The van der Waals surface area contributed by atoms with E-state index in [9.17, 15) is 4.79 Å². The fourth-order valence-corrected chi connectivity index (χ4v) is 3.02. The number of H-pyrrole nitrogens is 1. The minimum absolute atomic E-state index is 0.00103. The van der Waals surface area contributed by atoms with Crippen molar-refractivity contribution in [2.24, 2.45) is 0 Å². The van der Waals surface area contributed by atoms with Crippen LogP contribution in [0.3, 0.4) is 0 Å². The Kier molecular flexibility index (Phi) is 2.92. The molecule has 1 atom stereocenters. The Balaban J connectivity index is 1.51. The Morgan fingerprint density at radius 3 is 3.05 bits per heavy atom. The van der Waals surface area contributed by atoms with Crippen LogP contribution in [0.5, 0.6) is 11.5 Å². The smallest absolute Gasteiger partial charge is 0.254 e. The van der Waals surface area contributed by atoms with Crippen LogP contribution < -0.4 is 15.2 Å². The third-order valence-corrected chi connectivity index (χ3v) is 4.20. The van der Waals surface area contributed by atoms with Crippen LogP contribution in [0.25, 0.3) is 0 Å². The van der Waals surface area contributed by atoms with Crippen LogP contribution in [-0.4, -0.2) is 40.9 Å². The van der Waals surface area contributed by atoms with Gasteiger partial charge >= 0.3 is 0 Å². The second-order valence-corrected chi connectivity index (χ2v) is 5.54. The monoisotopic (exact) mass is 300 g/mol. The highest BCUT2D eigenvalue weighted by Crippen LogP contribution is 2.34. The van der Waals surface area contributed by atoms with Crippen molar-refractivity contribution in [1.82, 2.24) is 15.1 Å². The minimum Gasteiger partial charge on any atom is -0.454 e. The first kappa shape index (κ1) is 13.0. The molecule has 2 aliphatic rings. The molecule has 22 heavy (non-hydrogen) atoms. The van der Waals surface area contributed by atoms with E-state index in [1.165, 1.54) is 0 Å². The first-order valence-electron chi connectivity index (χ1n) is 7.20. The van der Waals surface area contributed by atoms with Crippen molar-refractivity contribution in [1.29, 1.82) is 0 Å². The first-order chi connectivity index (χ1) is 10.7. The molecule has 0 radical (unpaired) electrons. The normalized spacial score (nSPS) is 19.6. The zero-order valence-electron chi connectivity index (χ0n) is 11.9. The van der Waals surface area contributed by atoms with Crippen molar-refractivity contribution < 1.29 is 14.3 Å². The van der Waals surface area contributed by atoms with Gasteiger partial charge in [-0.15, -0.1) is 0 Å². The van der Waals surface area contributed by atoms with Crippen molar-refractivity contribution in [3.05, 3.63) is 35.7 Å². The van der Waals surface area contributed by atoms with Gasteiger partial charge in [-0.05, 0) is 24.6 Å². The Labute approximate surface area is 127 Å². The number of hydrogen-bond acceptors (Lipinski definition) is 5. The number of anilines is 1. The minimum atomic E-state index is -0.00103. The van der Waals surface area contributed by atoms with E-state index in [4.69, 9.17) is 15.2 Å². The number of rotatable bonds is 2. The topological polar surface area (TPSA) is 93.5 Å².